The zero-order valence-electron chi connectivity index (χ0n) is 11.5. The molecule has 2 rings (SSSR count). The summed E-state index contributed by atoms with van der Waals surface area (Å²) in [6, 6.07) is 6.13. The van der Waals surface area contributed by atoms with E-state index in [2.05, 4.69) is 35.1 Å². The molecule has 5 nitrogen and oxygen atoms in total. The lowest BCUT2D eigenvalue weighted by molar-refractivity contribution is 0.111. The fourth-order valence-corrected chi connectivity index (χ4v) is 2.17. The average Bonchev–Trinajstić information content (AvgIpc) is 2.88. The predicted molar refractivity (Wildman–Crippen MR) is 75.0 cm³/mol. The van der Waals surface area contributed by atoms with Crippen LogP contribution in [0.1, 0.15) is 29.9 Å². The molecule has 0 radical (unpaired) electrons. The summed E-state index contributed by atoms with van der Waals surface area (Å²) in [5.74, 6) is 0. The molecule has 5 heteroatoms. The van der Waals surface area contributed by atoms with E-state index >= 15 is 0 Å². The van der Waals surface area contributed by atoms with Gasteiger partial charge in [-0.15, -0.1) is 5.10 Å². The maximum absolute atomic E-state index is 10.9. The molecule has 0 unspecified atom stereocenters. The maximum atomic E-state index is 10.9. The van der Waals surface area contributed by atoms with Crippen molar-refractivity contribution in [2.24, 2.45) is 0 Å². The molecule has 1 heterocycles. The van der Waals surface area contributed by atoms with Gasteiger partial charge in [0.15, 0.2) is 6.29 Å². The molecule has 19 heavy (non-hydrogen) atoms. The van der Waals surface area contributed by atoms with Gasteiger partial charge in [0, 0.05) is 18.8 Å². The van der Waals surface area contributed by atoms with Crippen molar-refractivity contribution in [1.82, 2.24) is 15.0 Å². The van der Waals surface area contributed by atoms with E-state index in [0.29, 0.717) is 5.69 Å². The van der Waals surface area contributed by atoms with Crippen molar-refractivity contribution < 1.29 is 4.79 Å². The highest BCUT2D eigenvalue weighted by molar-refractivity contribution is 5.73. The zero-order valence-corrected chi connectivity index (χ0v) is 11.5. The molecule has 0 aliphatic rings. The van der Waals surface area contributed by atoms with Crippen LogP contribution >= 0.6 is 0 Å². The second-order valence-corrected chi connectivity index (χ2v) is 4.33. The van der Waals surface area contributed by atoms with Gasteiger partial charge in [-0.1, -0.05) is 5.21 Å². The third-order valence-corrected chi connectivity index (χ3v) is 3.23. The largest absolute Gasteiger partial charge is 0.372 e. The van der Waals surface area contributed by atoms with Gasteiger partial charge in [-0.2, -0.15) is 0 Å². The first-order chi connectivity index (χ1) is 9.21. The van der Waals surface area contributed by atoms with Gasteiger partial charge < -0.3 is 4.90 Å². The number of anilines is 1. The normalized spacial score (nSPS) is 10.5. The summed E-state index contributed by atoms with van der Waals surface area (Å²) >= 11 is 0. The molecule has 0 aliphatic heterocycles. The molecular formula is C14H18N4O. The Balaban J connectivity index is 2.42. The summed E-state index contributed by atoms with van der Waals surface area (Å²) < 4.78 is 1.56. The number of aromatic nitrogens is 3. The van der Waals surface area contributed by atoms with Crippen molar-refractivity contribution in [2.75, 3.05) is 18.0 Å². The lowest BCUT2D eigenvalue weighted by Gasteiger charge is -2.22. The van der Waals surface area contributed by atoms with E-state index in [9.17, 15) is 4.79 Å². The van der Waals surface area contributed by atoms with Crippen LogP contribution in [0.4, 0.5) is 5.69 Å². The maximum Gasteiger partial charge on any atom is 0.170 e. The summed E-state index contributed by atoms with van der Waals surface area (Å²) in [7, 11) is 0. The first-order valence-corrected chi connectivity index (χ1v) is 6.43. The monoisotopic (exact) mass is 258 g/mol. The zero-order chi connectivity index (χ0) is 13.8. The minimum absolute atomic E-state index is 0.457. The van der Waals surface area contributed by atoms with Crippen LogP contribution in [-0.4, -0.2) is 34.4 Å². The Hall–Kier alpha value is -2.17. The average molecular weight is 258 g/mol. The predicted octanol–water partition coefficient (Wildman–Crippen LogP) is 2.23. The van der Waals surface area contributed by atoms with Crippen LogP contribution in [0.15, 0.2) is 24.4 Å². The number of hydrogen-bond acceptors (Lipinski definition) is 4. The second kappa shape index (κ2) is 5.65. The lowest BCUT2D eigenvalue weighted by atomic mass is 10.1. The van der Waals surface area contributed by atoms with Crippen molar-refractivity contribution in [3.8, 4) is 5.69 Å². The Morgan fingerprint density at radius 2 is 2.05 bits per heavy atom. The molecule has 0 N–H and O–H groups in total. The summed E-state index contributed by atoms with van der Waals surface area (Å²) in [5, 5.41) is 7.73. The van der Waals surface area contributed by atoms with E-state index in [4.69, 9.17) is 0 Å². The molecule has 0 saturated heterocycles. The van der Waals surface area contributed by atoms with Crippen molar-refractivity contribution in [1.29, 1.82) is 0 Å². The standard InChI is InChI=1S/C14H18N4O/c1-4-17(5-2)12-6-7-14(11(3)8-12)18-13(10-19)9-15-16-18/h6-10H,4-5H2,1-3H3. The Labute approximate surface area is 112 Å². The first-order valence-electron chi connectivity index (χ1n) is 6.43. The molecule has 1 aromatic heterocycles. The third kappa shape index (κ3) is 2.50. The van der Waals surface area contributed by atoms with E-state index in [-0.39, 0.29) is 0 Å². The van der Waals surface area contributed by atoms with Gasteiger partial charge in [0.05, 0.1) is 11.9 Å². The number of rotatable bonds is 5. The highest BCUT2D eigenvalue weighted by Crippen LogP contribution is 2.21. The minimum atomic E-state index is 0.457. The van der Waals surface area contributed by atoms with Crippen LogP contribution < -0.4 is 4.90 Å². The van der Waals surface area contributed by atoms with Gasteiger partial charge in [-0.3, -0.25) is 4.79 Å². The van der Waals surface area contributed by atoms with Crippen molar-refractivity contribution in [3.63, 3.8) is 0 Å². The third-order valence-electron chi connectivity index (χ3n) is 3.23. The Bertz CT molecular complexity index is 573. The number of carbonyl (C=O) groups excluding carboxylic acids is 1. The molecule has 0 saturated carbocycles. The van der Waals surface area contributed by atoms with E-state index < -0.39 is 0 Å². The topological polar surface area (TPSA) is 51.0 Å². The van der Waals surface area contributed by atoms with Crippen molar-refractivity contribution in [3.05, 3.63) is 35.7 Å². The Kier molecular flexibility index (Phi) is 3.94. The van der Waals surface area contributed by atoms with Gasteiger partial charge in [-0.25, -0.2) is 4.68 Å². The molecule has 2 aromatic rings. The van der Waals surface area contributed by atoms with Gasteiger partial charge in [-0.05, 0) is 44.5 Å². The van der Waals surface area contributed by atoms with Crippen molar-refractivity contribution >= 4 is 12.0 Å². The molecule has 100 valence electrons. The van der Waals surface area contributed by atoms with E-state index in [1.54, 1.807) is 4.68 Å². The number of aldehydes is 1. The SMILES string of the molecule is CCN(CC)c1ccc(-n2nncc2C=O)c(C)c1. The molecular weight excluding hydrogens is 240 g/mol. The smallest absolute Gasteiger partial charge is 0.170 e. The van der Waals surface area contributed by atoms with Gasteiger partial charge in [0.25, 0.3) is 0 Å². The summed E-state index contributed by atoms with van der Waals surface area (Å²) in [5.41, 5.74) is 3.59. The molecule has 0 amide bonds. The van der Waals surface area contributed by atoms with Crippen LogP contribution in [0, 0.1) is 6.92 Å². The fraction of sp³-hybridized carbons (Fsp3) is 0.357. The fourth-order valence-electron chi connectivity index (χ4n) is 2.17. The number of nitrogens with zero attached hydrogens (tertiary/aromatic N) is 4. The Morgan fingerprint density at radius 3 is 2.63 bits per heavy atom. The minimum Gasteiger partial charge on any atom is -0.372 e. The van der Waals surface area contributed by atoms with E-state index in [0.717, 1.165) is 30.6 Å². The van der Waals surface area contributed by atoms with Crippen LogP contribution in [0.5, 0.6) is 0 Å². The summed E-state index contributed by atoms with van der Waals surface area (Å²) in [4.78, 5) is 13.2. The number of aryl methyl sites for hydroxylation is 1. The van der Waals surface area contributed by atoms with Gasteiger partial charge >= 0.3 is 0 Å². The van der Waals surface area contributed by atoms with Gasteiger partial charge in [0.1, 0.15) is 5.69 Å². The summed E-state index contributed by atoms with van der Waals surface area (Å²) in [6.45, 7) is 8.22. The summed E-state index contributed by atoms with van der Waals surface area (Å²) in [6.07, 6.45) is 2.22. The van der Waals surface area contributed by atoms with Crippen LogP contribution in [0.3, 0.4) is 0 Å². The quantitative estimate of drug-likeness (QED) is 0.772. The molecule has 0 atom stereocenters. The number of carbonyl (C=O) groups is 1. The van der Waals surface area contributed by atoms with Crippen LogP contribution in [0.25, 0.3) is 5.69 Å². The van der Waals surface area contributed by atoms with E-state index in [1.807, 2.05) is 19.1 Å². The molecule has 1 aromatic carbocycles. The second-order valence-electron chi connectivity index (χ2n) is 4.33. The molecule has 0 bridgehead atoms. The first kappa shape index (κ1) is 13.3. The highest BCUT2D eigenvalue weighted by atomic mass is 16.1. The number of benzene rings is 1. The van der Waals surface area contributed by atoms with Crippen molar-refractivity contribution in [2.45, 2.75) is 20.8 Å². The van der Waals surface area contributed by atoms with Crippen LogP contribution in [0.2, 0.25) is 0 Å². The molecule has 0 fully saturated rings. The highest BCUT2D eigenvalue weighted by Gasteiger charge is 2.10. The van der Waals surface area contributed by atoms with Crippen LogP contribution in [-0.2, 0) is 0 Å². The molecule has 0 aliphatic carbocycles. The van der Waals surface area contributed by atoms with E-state index in [1.165, 1.54) is 11.9 Å². The number of hydrogen-bond donors (Lipinski definition) is 0. The Morgan fingerprint density at radius 1 is 1.32 bits per heavy atom. The molecule has 0 spiro atoms. The lowest BCUT2D eigenvalue weighted by Crippen LogP contribution is -2.22. The van der Waals surface area contributed by atoms with Gasteiger partial charge in [0.2, 0.25) is 0 Å².